The van der Waals surface area contributed by atoms with Crippen molar-refractivity contribution in [2.24, 2.45) is 0 Å². The molecule has 0 bridgehead atoms. The second kappa shape index (κ2) is 6.89. The lowest BCUT2D eigenvalue weighted by atomic mass is 9.84. The van der Waals surface area contributed by atoms with E-state index >= 15 is 0 Å². The highest BCUT2D eigenvalue weighted by atomic mass is 79.9. The summed E-state index contributed by atoms with van der Waals surface area (Å²) in [6.45, 7) is 0. The zero-order valence-corrected chi connectivity index (χ0v) is 13.9. The molecule has 2 nitrogen and oxygen atoms in total. The zero-order valence-electron chi connectivity index (χ0n) is 10.7. The molecule has 0 radical (unpaired) electrons. The van der Waals surface area contributed by atoms with E-state index < -0.39 is 10.8 Å². The van der Waals surface area contributed by atoms with Crippen molar-refractivity contribution in [3.63, 3.8) is 0 Å². The van der Waals surface area contributed by atoms with Crippen LogP contribution in [0.25, 0.3) is 0 Å². The molecule has 1 aromatic rings. The monoisotopic (exact) mass is 388 g/mol. The third-order valence-electron chi connectivity index (χ3n) is 3.82. The number of halogens is 2. The van der Waals surface area contributed by atoms with Gasteiger partial charge in [0.1, 0.15) is 4.83 Å². The molecule has 1 saturated carbocycles. The molecule has 19 heavy (non-hydrogen) atoms. The quantitative estimate of drug-likeness (QED) is 0.734. The summed E-state index contributed by atoms with van der Waals surface area (Å²) in [5.74, 6) is -0.158. The predicted octanol–water partition coefficient (Wildman–Crippen LogP) is 5.02. The summed E-state index contributed by atoms with van der Waals surface area (Å²) in [5, 5.41) is 9.00. The lowest BCUT2D eigenvalue weighted by molar-refractivity contribution is -0.136. The maximum absolute atomic E-state index is 11.0. The Morgan fingerprint density at radius 3 is 2.21 bits per heavy atom. The van der Waals surface area contributed by atoms with E-state index in [9.17, 15) is 4.79 Å². The summed E-state index contributed by atoms with van der Waals surface area (Å²) in [7, 11) is 0. The maximum Gasteiger partial charge on any atom is 0.318 e. The highest BCUT2D eigenvalue weighted by Gasteiger charge is 2.24. The number of hydrogen-bond acceptors (Lipinski definition) is 1. The Kier molecular flexibility index (Phi) is 5.46. The van der Waals surface area contributed by atoms with E-state index in [-0.39, 0.29) is 4.83 Å². The average molecular weight is 390 g/mol. The summed E-state index contributed by atoms with van der Waals surface area (Å²) >= 11 is 6.64. The molecule has 0 aliphatic heterocycles. The van der Waals surface area contributed by atoms with Gasteiger partial charge in [-0.3, -0.25) is 4.79 Å². The molecule has 2 unspecified atom stereocenters. The molecule has 0 heterocycles. The van der Waals surface area contributed by atoms with Gasteiger partial charge < -0.3 is 5.11 Å². The summed E-state index contributed by atoms with van der Waals surface area (Å²) in [4.78, 5) is 10.1. The van der Waals surface area contributed by atoms with Crippen LogP contribution in [0.4, 0.5) is 0 Å². The maximum atomic E-state index is 11.0. The number of rotatable bonds is 4. The van der Waals surface area contributed by atoms with Gasteiger partial charge in [-0.05, 0) is 29.9 Å². The van der Waals surface area contributed by atoms with Crippen molar-refractivity contribution in [2.45, 2.75) is 47.7 Å². The number of carboxylic acids is 1. The highest BCUT2D eigenvalue weighted by molar-refractivity contribution is 9.12. The fraction of sp³-hybridized carbons (Fsp3) is 0.533. The summed E-state index contributed by atoms with van der Waals surface area (Å²) in [5.41, 5.74) is 2.40. The van der Waals surface area contributed by atoms with E-state index in [0.717, 1.165) is 5.56 Å². The van der Waals surface area contributed by atoms with Crippen LogP contribution in [0.2, 0.25) is 0 Å². The molecule has 1 fully saturated rings. The molecule has 2 atom stereocenters. The van der Waals surface area contributed by atoms with Crippen LogP contribution in [-0.2, 0) is 4.79 Å². The van der Waals surface area contributed by atoms with Crippen LogP contribution in [-0.4, -0.2) is 15.9 Å². The molecular formula is C15H18Br2O2. The van der Waals surface area contributed by atoms with Crippen LogP contribution in [0, 0.1) is 0 Å². The topological polar surface area (TPSA) is 37.3 Å². The van der Waals surface area contributed by atoms with E-state index in [1.54, 1.807) is 0 Å². The van der Waals surface area contributed by atoms with E-state index in [2.05, 4.69) is 44.0 Å². The SMILES string of the molecule is O=C(O)C(Br)C(Br)c1ccc(C2CCCCC2)cc1. The molecule has 0 saturated heterocycles. The van der Waals surface area contributed by atoms with Crippen LogP contribution in [0.15, 0.2) is 24.3 Å². The molecule has 1 aromatic carbocycles. The molecule has 4 heteroatoms. The van der Waals surface area contributed by atoms with Gasteiger partial charge in [-0.1, -0.05) is 75.4 Å². The van der Waals surface area contributed by atoms with Crippen molar-refractivity contribution < 1.29 is 9.90 Å². The van der Waals surface area contributed by atoms with Crippen LogP contribution in [0.3, 0.4) is 0 Å². The first-order chi connectivity index (χ1) is 9.09. The van der Waals surface area contributed by atoms with Crippen molar-refractivity contribution in [1.29, 1.82) is 0 Å². The first-order valence-corrected chi connectivity index (χ1v) is 8.53. The lowest BCUT2D eigenvalue weighted by Crippen LogP contribution is -2.18. The number of carboxylic acid groups (broad SMARTS) is 1. The largest absolute Gasteiger partial charge is 0.480 e. The number of hydrogen-bond donors (Lipinski definition) is 1. The Balaban J connectivity index is 2.07. The number of carbonyl (C=O) groups is 1. The molecule has 0 spiro atoms. The van der Waals surface area contributed by atoms with E-state index in [0.29, 0.717) is 5.92 Å². The van der Waals surface area contributed by atoms with Gasteiger partial charge in [-0.15, -0.1) is 0 Å². The van der Waals surface area contributed by atoms with Gasteiger partial charge in [0.05, 0.1) is 4.83 Å². The van der Waals surface area contributed by atoms with E-state index in [1.807, 2.05) is 12.1 Å². The average Bonchev–Trinajstić information content (AvgIpc) is 2.46. The molecule has 1 N–H and O–H groups in total. The van der Waals surface area contributed by atoms with Gasteiger partial charge in [-0.25, -0.2) is 0 Å². The Hall–Kier alpha value is -0.350. The van der Waals surface area contributed by atoms with Crippen molar-refractivity contribution in [3.05, 3.63) is 35.4 Å². The van der Waals surface area contributed by atoms with Crippen molar-refractivity contribution >= 4 is 37.8 Å². The van der Waals surface area contributed by atoms with Crippen molar-refractivity contribution in [2.75, 3.05) is 0 Å². The van der Waals surface area contributed by atoms with Crippen LogP contribution < -0.4 is 0 Å². The molecule has 0 aromatic heterocycles. The fourth-order valence-electron chi connectivity index (χ4n) is 2.68. The van der Waals surface area contributed by atoms with Gasteiger partial charge in [0.2, 0.25) is 0 Å². The standard InChI is InChI=1S/C15H18Br2O2/c16-13(14(17)15(18)19)12-8-6-11(7-9-12)10-4-2-1-3-5-10/h6-10,13-14H,1-5H2,(H,18,19). The third-order valence-corrected chi connectivity index (χ3v) is 6.51. The predicted molar refractivity (Wildman–Crippen MR) is 84.3 cm³/mol. The van der Waals surface area contributed by atoms with Gasteiger partial charge >= 0.3 is 5.97 Å². The van der Waals surface area contributed by atoms with Crippen molar-refractivity contribution in [3.8, 4) is 0 Å². The molecule has 104 valence electrons. The first kappa shape index (κ1) is 15.0. The summed E-state index contributed by atoms with van der Waals surface area (Å²) < 4.78 is 0. The third kappa shape index (κ3) is 3.82. The van der Waals surface area contributed by atoms with Gasteiger partial charge in [0.25, 0.3) is 0 Å². The number of alkyl halides is 2. The highest BCUT2D eigenvalue weighted by Crippen LogP contribution is 2.35. The zero-order chi connectivity index (χ0) is 13.8. The summed E-state index contributed by atoms with van der Waals surface area (Å²) in [6.07, 6.45) is 6.59. The van der Waals surface area contributed by atoms with Crippen LogP contribution in [0.1, 0.15) is 54.0 Å². The fourth-order valence-corrected chi connectivity index (χ4v) is 3.52. The van der Waals surface area contributed by atoms with Crippen LogP contribution >= 0.6 is 31.9 Å². The number of aliphatic carboxylic acids is 1. The first-order valence-electron chi connectivity index (χ1n) is 6.70. The van der Waals surface area contributed by atoms with E-state index in [4.69, 9.17) is 5.11 Å². The minimum absolute atomic E-state index is 0.203. The smallest absolute Gasteiger partial charge is 0.318 e. The molecular weight excluding hydrogens is 372 g/mol. The Morgan fingerprint density at radius 2 is 1.68 bits per heavy atom. The van der Waals surface area contributed by atoms with Gasteiger partial charge in [-0.2, -0.15) is 0 Å². The molecule has 1 aliphatic carbocycles. The van der Waals surface area contributed by atoms with E-state index in [1.165, 1.54) is 37.7 Å². The Bertz CT molecular complexity index is 424. The molecule has 1 aliphatic rings. The minimum Gasteiger partial charge on any atom is -0.480 e. The second-order valence-electron chi connectivity index (χ2n) is 5.14. The Labute approximate surface area is 130 Å². The second-order valence-corrected chi connectivity index (χ2v) is 7.12. The minimum atomic E-state index is -0.849. The lowest BCUT2D eigenvalue weighted by Gasteiger charge is -2.22. The van der Waals surface area contributed by atoms with Gasteiger partial charge in [0, 0.05) is 0 Å². The summed E-state index contributed by atoms with van der Waals surface area (Å²) in [6, 6.07) is 8.39. The molecule has 2 rings (SSSR count). The van der Waals surface area contributed by atoms with Crippen LogP contribution in [0.5, 0.6) is 0 Å². The van der Waals surface area contributed by atoms with Gasteiger partial charge in [0.15, 0.2) is 0 Å². The number of benzene rings is 1. The normalized spacial score (nSPS) is 19.9. The Morgan fingerprint density at radius 1 is 1.11 bits per heavy atom. The molecule has 0 amide bonds. The van der Waals surface area contributed by atoms with Crippen molar-refractivity contribution in [1.82, 2.24) is 0 Å².